The van der Waals surface area contributed by atoms with Crippen molar-refractivity contribution in [1.82, 2.24) is 9.44 Å². The molecule has 10 nitrogen and oxygen atoms in total. The number of hydrogen-bond donors (Lipinski definition) is 5. The first kappa shape index (κ1) is 23.6. The summed E-state index contributed by atoms with van der Waals surface area (Å²) in [6, 6.07) is 13.3. The van der Waals surface area contributed by atoms with E-state index in [1.807, 2.05) is 0 Å². The third-order valence-electron chi connectivity index (χ3n) is 3.85. The molecule has 0 heterocycles. The minimum absolute atomic E-state index is 0.139. The van der Waals surface area contributed by atoms with Crippen LogP contribution in [0.5, 0.6) is 0 Å². The number of anilines is 2. The van der Waals surface area contributed by atoms with Gasteiger partial charge in [-0.1, -0.05) is 24.3 Å². The monoisotopic (exact) mass is 456 g/mol. The molecular weight excluding hydrogens is 432 g/mol. The van der Waals surface area contributed by atoms with Gasteiger partial charge in [0, 0.05) is 24.5 Å². The predicted octanol–water partition coefficient (Wildman–Crippen LogP) is 0.720. The first-order valence-corrected chi connectivity index (χ1v) is 12.5. The number of carboxylic acid groups (broad SMARTS) is 1. The van der Waals surface area contributed by atoms with Gasteiger partial charge in [-0.05, 0) is 35.4 Å². The number of carbonyl (C=O) groups is 1. The van der Waals surface area contributed by atoms with Gasteiger partial charge in [-0.3, -0.25) is 0 Å². The molecule has 0 radical (unpaired) electrons. The number of hydrogen-bond acceptors (Lipinski definition) is 7. The highest BCUT2D eigenvalue weighted by Crippen LogP contribution is 2.15. The average molecular weight is 457 g/mol. The molecule has 0 saturated carbocycles. The molecule has 0 fully saturated rings. The van der Waals surface area contributed by atoms with E-state index in [1.54, 1.807) is 48.5 Å². The Morgan fingerprint density at radius 2 is 1.10 bits per heavy atom. The van der Waals surface area contributed by atoms with Crippen molar-refractivity contribution in [3.05, 3.63) is 59.7 Å². The zero-order chi connectivity index (χ0) is 22.4. The predicted molar refractivity (Wildman–Crippen MR) is 115 cm³/mol. The average Bonchev–Trinajstić information content (AvgIpc) is 2.65. The summed E-state index contributed by atoms with van der Waals surface area (Å²) in [7, 11) is -6.60. The van der Waals surface area contributed by atoms with Gasteiger partial charge in [0.25, 0.3) is 0 Å². The Morgan fingerprint density at radius 3 is 1.37 bits per heavy atom. The summed E-state index contributed by atoms with van der Waals surface area (Å²) in [6.07, 6.45) is 1.02. The molecule has 164 valence electrons. The largest absolute Gasteiger partial charge is 0.478 e. The first-order valence-electron chi connectivity index (χ1n) is 8.74. The van der Waals surface area contributed by atoms with Gasteiger partial charge in [0.2, 0.25) is 20.0 Å². The van der Waals surface area contributed by atoms with E-state index in [4.69, 9.17) is 0 Å². The second-order valence-corrected chi connectivity index (χ2v) is 10.3. The fraction of sp³-hybridized carbons (Fsp3) is 0.278. The van der Waals surface area contributed by atoms with Gasteiger partial charge in [-0.15, -0.1) is 0 Å². The Labute approximate surface area is 175 Å². The number of sulfonamides is 2. The van der Waals surface area contributed by atoms with Crippen LogP contribution in [0.4, 0.5) is 11.4 Å². The van der Waals surface area contributed by atoms with E-state index in [0.717, 1.165) is 23.6 Å². The summed E-state index contributed by atoms with van der Waals surface area (Å²) in [5, 5.41) is 15.2. The Kier molecular flexibility index (Phi) is 7.78. The first-order chi connectivity index (χ1) is 13.9. The van der Waals surface area contributed by atoms with Gasteiger partial charge in [0.05, 0.1) is 12.5 Å². The minimum atomic E-state index is -3.30. The second-order valence-electron chi connectivity index (χ2n) is 6.64. The Balaban J connectivity index is 1.98. The van der Waals surface area contributed by atoms with Crippen molar-refractivity contribution in [2.75, 3.05) is 23.1 Å². The lowest BCUT2D eigenvalue weighted by Crippen LogP contribution is -2.36. The van der Waals surface area contributed by atoms with Crippen molar-refractivity contribution in [3.63, 3.8) is 0 Å². The van der Waals surface area contributed by atoms with Gasteiger partial charge in [0.15, 0.2) is 6.17 Å². The fourth-order valence-electron chi connectivity index (χ4n) is 2.36. The molecule has 2 aromatic rings. The summed E-state index contributed by atoms with van der Waals surface area (Å²) < 4.78 is 49.3. The minimum Gasteiger partial charge on any atom is -0.478 e. The number of nitrogens with one attached hydrogen (secondary N) is 4. The van der Waals surface area contributed by atoms with E-state index in [9.17, 15) is 26.7 Å². The van der Waals surface area contributed by atoms with Gasteiger partial charge >= 0.3 is 5.97 Å². The molecule has 0 saturated heterocycles. The fourth-order valence-corrected chi connectivity index (χ4v) is 3.22. The van der Waals surface area contributed by atoms with E-state index < -0.39 is 32.2 Å². The van der Waals surface area contributed by atoms with E-state index in [1.165, 1.54) is 0 Å². The molecule has 0 unspecified atom stereocenters. The standard InChI is InChI=1S/C18H24N4O6S2/c1-29(25,26)19-11-13-3-7-15(8-4-13)21-17(18(23)24)22-16-9-5-14(6-10-16)12-20-30(2,27)28/h3-10,17,19-22H,11-12H2,1-2H3,(H,23,24). The molecule has 0 aliphatic carbocycles. The van der Waals surface area contributed by atoms with Crippen molar-refractivity contribution in [2.24, 2.45) is 0 Å². The van der Waals surface area contributed by atoms with E-state index in [2.05, 4.69) is 20.1 Å². The summed E-state index contributed by atoms with van der Waals surface area (Å²) in [6.45, 7) is 0.278. The van der Waals surface area contributed by atoms with Crippen molar-refractivity contribution in [2.45, 2.75) is 19.3 Å². The van der Waals surface area contributed by atoms with Crippen molar-refractivity contribution < 1.29 is 26.7 Å². The van der Waals surface area contributed by atoms with Crippen LogP contribution in [0.2, 0.25) is 0 Å². The number of benzene rings is 2. The van der Waals surface area contributed by atoms with Crippen LogP contribution in [0.1, 0.15) is 11.1 Å². The molecule has 0 aromatic heterocycles. The molecule has 0 aliphatic rings. The highest BCUT2D eigenvalue weighted by molar-refractivity contribution is 7.88. The number of carboxylic acids is 1. The Hall–Kier alpha value is -2.67. The normalized spacial score (nSPS) is 12.0. The number of aliphatic carboxylic acids is 1. The topological polar surface area (TPSA) is 154 Å². The van der Waals surface area contributed by atoms with Crippen LogP contribution in [0.3, 0.4) is 0 Å². The third kappa shape index (κ3) is 8.78. The highest BCUT2D eigenvalue weighted by Gasteiger charge is 2.17. The number of rotatable bonds is 11. The zero-order valence-electron chi connectivity index (χ0n) is 16.4. The van der Waals surface area contributed by atoms with Crippen LogP contribution in [0.15, 0.2) is 48.5 Å². The lowest BCUT2D eigenvalue weighted by atomic mass is 10.2. The van der Waals surface area contributed by atoms with E-state index in [0.29, 0.717) is 11.4 Å². The molecule has 5 N–H and O–H groups in total. The Bertz CT molecular complexity index is 987. The van der Waals surface area contributed by atoms with Crippen LogP contribution in [-0.4, -0.2) is 46.6 Å². The smallest absolute Gasteiger partial charge is 0.347 e. The summed E-state index contributed by atoms with van der Waals surface area (Å²) in [5.41, 5.74) is 2.52. The summed E-state index contributed by atoms with van der Waals surface area (Å²) in [4.78, 5) is 11.6. The van der Waals surface area contributed by atoms with Gasteiger partial charge < -0.3 is 15.7 Å². The molecule has 0 atom stereocenters. The van der Waals surface area contributed by atoms with Crippen LogP contribution in [0, 0.1) is 0 Å². The molecule has 2 aromatic carbocycles. The second kappa shape index (κ2) is 9.89. The lowest BCUT2D eigenvalue weighted by molar-refractivity contribution is -0.137. The maximum absolute atomic E-state index is 11.6. The van der Waals surface area contributed by atoms with Crippen LogP contribution < -0.4 is 20.1 Å². The molecule has 30 heavy (non-hydrogen) atoms. The molecule has 0 amide bonds. The molecular formula is C18H24N4O6S2. The summed E-state index contributed by atoms with van der Waals surface area (Å²) in [5.74, 6) is -1.12. The van der Waals surface area contributed by atoms with Gasteiger partial charge in [0.1, 0.15) is 0 Å². The van der Waals surface area contributed by atoms with Crippen molar-refractivity contribution in [1.29, 1.82) is 0 Å². The quantitative estimate of drug-likeness (QED) is 0.310. The molecule has 0 spiro atoms. The lowest BCUT2D eigenvalue weighted by Gasteiger charge is -2.19. The van der Waals surface area contributed by atoms with Gasteiger partial charge in [-0.25, -0.2) is 31.1 Å². The SMILES string of the molecule is CS(=O)(=O)NCc1ccc(NC(Nc2ccc(CNS(C)(=O)=O)cc2)C(=O)O)cc1. The molecule has 0 bridgehead atoms. The van der Waals surface area contributed by atoms with E-state index >= 15 is 0 Å². The molecule has 12 heteroatoms. The Morgan fingerprint density at radius 1 is 0.767 bits per heavy atom. The van der Waals surface area contributed by atoms with E-state index in [-0.39, 0.29) is 13.1 Å². The summed E-state index contributed by atoms with van der Waals surface area (Å²) >= 11 is 0. The highest BCUT2D eigenvalue weighted by atomic mass is 32.2. The maximum atomic E-state index is 11.6. The zero-order valence-corrected chi connectivity index (χ0v) is 18.0. The van der Waals surface area contributed by atoms with Crippen LogP contribution >= 0.6 is 0 Å². The van der Waals surface area contributed by atoms with Gasteiger partial charge in [-0.2, -0.15) is 0 Å². The van der Waals surface area contributed by atoms with Crippen molar-refractivity contribution in [3.8, 4) is 0 Å². The molecule has 0 aliphatic heterocycles. The van der Waals surface area contributed by atoms with Crippen LogP contribution in [0.25, 0.3) is 0 Å². The third-order valence-corrected chi connectivity index (χ3v) is 5.19. The van der Waals surface area contributed by atoms with Crippen LogP contribution in [-0.2, 0) is 37.9 Å². The maximum Gasteiger partial charge on any atom is 0.347 e. The molecule has 2 rings (SSSR count). The van der Waals surface area contributed by atoms with Crippen molar-refractivity contribution >= 4 is 37.4 Å².